The number of amides is 3. The Bertz CT molecular complexity index is 1580. The second-order valence-electron chi connectivity index (χ2n) is 12.7. The van der Waals surface area contributed by atoms with Crippen molar-refractivity contribution in [2.45, 2.75) is 63.5 Å². The van der Waals surface area contributed by atoms with Crippen LogP contribution in [0.1, 0.15) is 80.8 Å². The molecule has 1 aliphatic heterocycles. The van der Waals surface area contributed by atoms with Crippen molar-refractivity contribution in [3.63, 3.8) is 0 Å². The van der Waals surface area contributed by atoms with Crippen LogP contribution >= 0.6 is 0 Å². The van der Waals surface area contributed by atoms with E-state index in [-0.39, 0.29) is 36.3 Å². The largest absolute Gasteiger partial charge is 0.345 e. The van der Waals surface area contributed by atoms with E-state index in [0.717, 1.165) is 28.7 Å². The van der Waals surface area contributed by atoms with Gasteiger partial charge in [-0.2, -0.15) is 5.26 Å². The first-order chi connectivity index (χ1) is 21.5. The third-order valence-corrected chi connectivity index (χ3v) is 9.04. The summed E-state index contributed by atoms with van der Waals surface area (Å²) < 4.78 is 0. The molecule has 3 amide bonds. The Morgan fingerprint density at radius 3 is 2.09 bits per heavy atom. The van der Waals surface area contributed by atoms with Crippen molar-refractivity contribution < 1.29 is 14.4 Å². The van der Waals surface area contributed by atoms with Gasteiger partial charge in [-0.3, -0.25) is 14.4 Å². The van der Waals surface area contributed by atoms with Crippen LogP contribution in [0.25, 0.3) is 0 Å². The summed E-state index contributed by atoms with van der Waals surface area (Å²) in [5.41, 5.74) is 4.42. The summed E-state index contributed by atoms with van der Waals surface area (Å²) in [5, 5.41) is 22.0. The first kappa shape index (κ1) is 31.9. The third-order valence-electron chi connectivity index (χ3n) is 9.04. The molecule has 2 N–H and O–H groups in total. The molecule has 3 aromatic rings. The number of hydrogen-bond acceptors (Lipinski definition) is 7. The average molecular weight is 611 g/mol. The Hall–Kier alpha value is -4.56. The molecule has 1 fully saturated rings. The lowest BCUT2D eigenvalue weighted by atomic mass is 9.67. The summed E-state index contributed by atoms with van der Waals surface area (Å²) in [6.07, 6.45) is 3.37. The number of aromatic amines is 1. The van der Waals surface area contributed by atoms with Gasteiger partial charge in [0.1, 0.15) is 17.7 Å². The number of benzene rings is 2. The molecule has 0 saturated carbocycles. The number of carbonyl (C=O) groups is 3. The zero-order valence-electron chi connectivity index (χ0n) is 27.0. The van der Waals surface area contributed by atoms with Crippen LogP contribution in [-0.2, 0) is 23.1 Å². The quantitative estimate of drug-likeness (QED) is 0.400. The molecule has 11 heteroatoms. The van der Waals surface area contributed by atoms with Crippen LogP contribution in [0.3, 0.4) is 0 Å². The maximum atomic E-state index is 13.1. The second kappa shape index (κ2) is 12.8. The van der Waals surface area contributed by atoms with Crippen molar-refractivity contribution >= 4 is 17.7 Å². The van der Waals surface area contributed by atoms with Crippen LogP contribution in [0.5, 0.6) is 0 Å². The van der Waals surface area contributed by atoms with Crippen molar-refractivity contribution in [2.75, 3.05) is 41.3 Å². The van der Waals surface area contributed by atoms with Crippen LogP contribution in [0, 0.1) is 18.3 Å². The highest BCUT2D eigenvalue weighted by Crippen LogP contribution is 2.47. The number of aromatic nitrogens is 3. The fraction of sp³-hybridized carbons (Fsp3) is 0.471. The highest BCUT2D eigenvalue weighted by Gasteiger charge is 2.45. The summed E-state index contributed by atoms with van der Waals surface area (Å²) in [4.78, 5) is 47.4. The first-order valence-corrected chi connectivity index (χ1v) is 15.5. The van der Waals surface area contributed by atoms with Crippen molar-refractivity contribution in [3.05, 3.63) is 81.4 Å². The molecular formula is C34H42N8O3. The Morgan fingerprint density at radius 2 is 1.60 bits per heavy atom. The van der Waals surface area contributed by atoms with Gasteiger partial charge in [0.05, 0.1) is 18.0 Å². The number of likely N-dealkylation sites (tertiary alicyclic amines) is 1. The number of aryl methyl sites for hydroxylation is 3. The molecule has 2 atom stereocenters. The summed E-state index contributed by atoms with van der Waals surface area (Å²) in [5.74, 6) is 1.09. The van der Waals surface area contributed by atoms with Crippen LogP contribution in [0.4, 0.5) is 0 Å². The minimum absolute atomic E-state index is 0.0781. The molecule has 5 rings (SSSR count). The number of hydrogen-bond donors (Lipinski definition) is 2. The Morgan fingerprint density at radius 1 is 1.02 bits per heavy atom. The van der Waals surface area contributed by atoms with E-state index in [1.54, 1.807) is 42.9 Å². The van der Waals surface area contributed by atoms with E-state index in [0.29, 0.717) is 55.0 Å². The summed E-state index contributed by atoms with van der Waals surface area (Å²) >= 11 is 0. The molecule has 11 nitrogen and oxygen atoms in total. The van der Waals surface area contributed by atoms with Crippen LogP contribution < -0.4 is 5.32 Å². The lowest BCUT2D eigenvalue weighted by molar-refractivity contribution is -0.130. The van der Waals surface area contributed by atoms with Crippen molar-refractivity contribution in [3.8, 4) is 6.07 Å². The molecule has 1 saturated heterocycles. The average Bonchev–Trinajstić information content (AvgIpc) is 3.67. The van der Waals surface area contributed by atoms with Gasteiger partial charge < -0.3 is 25.0 Å². The van der Waals surface area contributed by atoms with E-state index in [1.807, 2.05) is 50.2 Å². The summed E-state index contributed by atoms with van der Waals surface area (Å²) in [7, 11) is 6.96. The highest BCUT2D eigenvalue weighted by atomic mass is 16.2. The zero-order valence-corrected chi connectivity index (χ0v) is 27.0. The van der Waals surface area contributed by atoms with Gasteiger partial charge in [0.25, 0.3) is 11.8 Å². The maximum absolute atomic E-state index is 13.1. The topological polar surface area (TPSA) is 138 Å². The predicted octanol–water partition coefficient (Wildman–Crippen LogP) is 2.83. The van der Waals surface area contributed by atoms with Gasteiger partial charge in [-0.1, -0.05) is 12.1 Å². The molecular weight excluding hydrogens is 568 g/mol. The van der Waals surface area contributed by atoms with Crippen LogP contribution in [0.15, 0.2) is 36.4 Å². The standard InChI is InChI=1S/C34H42N8O3/c1-21(36-20-30(43)42-15-7-8-27(42)19-35)18-34(33-37-22(2)38-39-33)28-13-11-25(31(44)40(3)4)16-23(28)9-10-24-17-26(12-14-29(24)34)32(45)41(5)6/h11-14,16-17,21,27,36H,7-10,15,18,20H2,1-6H3,(H,37,38,39)/t21-,27-/m0/s1. The number of nitrogens with zero attached hydrogens (tertiary/aromatic N) is 6. The fourth-order valence-corrected chi connectivity index (χ4v) is 6.83. The van der Waals surface area contributed by atoms with E-state index < -0.39 is 5.41 Å². The molecule has 45 heavy (non-hydrogen) atoms. The SMILES string of the molecule is Cc1nnc(C2(C[C@H](C)NCC(=O)N3CCC[C@H]3C#N)c3ccc(C(=O)N(C)C)cc3CCc3cc(C(=O)N(C)C)ccc32)[nH]1. The lowest BCUT2D eigenvalue weighted by Crippen LogP contribution is -2.45. The van der Waals surface area contributed by atoms with Gasteiger partial charge in [0, 0.05) is 51.9 Å². The minimum atomic E-state index is -0.833. The maximum Gasteiger partial charge on any atom is 0.253 e. The number of rotatable bonds is 8. The summed E-state index contributed by atoms with van der Waals surface area (Å²) in [6, 6.07) is 13.4. The number of carbonyl (C=O) groups excluding carboxylic acids is 3. The van der Waals surface area contributed by atoms with Crippen molar-refractivity contribution in [2.24, 2.45) is 0 Å². The number of H-pyrrole nitrogens is 1. The van der Waals surface area contributed by atoms with E-state index in [9.17, 15) is 19.6 Å². The van der Waals surface area contributed by atoms with Crippen LogP contribution in [0.2, 0.25) is 0 Å². The number of fused-ring (bicyclic) bond motifs is 2. The normalized spacial score (nSPS) is 17.4. The van der Waals surface area contributed by atoms with E-state index >= 15 is 0 Å². The fourth-order valence-electron chi connectivity index (χ4n) is 6.83. The molecule has 1 aliphatic carbocycles. The first-order valence-electron chi connectivity index (χ1n) is 15.5. The molecule has 0 unspecified atom stereocenters. The molecule has 236 valence electrons. The van der Waals surface area contributed by atoms with Crippen LogP contribution in [-0.4, -0.2) is 101 Å². The highest BCUT2D eigenvalue weighted by molar-refractivity contribution is 5.95. The monoisotopic (exact) mass is 610 g/mol. The van der Waals surface area contributed by atoms with Gasteiger partial charge in [-0.15, -0.1) is 10.2 Å². The Kier molecular flexibility index (Phi) is 9.07. The molecule has 2 heterocycles. The zero-order chi connectivity index (χ0) is 32.5. The molecule has 0 radical (unpaired) electrons. The molecule has 2 aliphatic rings. The van der Waals surface area contributed by atoms with E-state index in [4.69, 9.17) is 0 Å². The van der Waals surface area contributed by atoms with Gasteiger partial charge in [-0.25, -0.2) is 0 Å². The Labute approximate surface area is 264 Å². The number of nitrogens with one attached hydrogen (secondary N) is 2. The van der Waals surface area contributed by atoms with Crippen molar-refractivity contribution in [1.29, 1.82) is 5.26 Å². The van der Waals surface area contributed by atoms with Gasteiger partial charge in [0.15, 0.2) is 0 Å². The lowest BCUT2D eigenvalue weighted by Gasteiger charge is -2.37. The second-order valence-corrected chi connectivity index (χ2v) is 12.7. The van der Waals surface area contributed by atoms with Crippen molar-refractivity contribution in [1.82, 2.24) is 35.2 Å². The smallest absolute Gasteiger partial charge is 0.253 e. The van der Waals surface area contributed by atoms with Gasteiger partial charge >= 0.3 is 0 Å². The third kappa shape index (κ3) is 6.07. The van der Waals surface area contributed by atoms with E-state index in [1.165, 1.54) is 0 Å². The Balaban J connectivity index is 1.63. The van der Waals surface area contributed by atoms with Gasteiger partial charge in [-0.05, 0) is 92.5 Å². The number of nitriles is 1. The molecule has 0 bridgehead atoms. The summed E-state index contributed by atoms with van der Waals surface area (Å²) in [6.45, 7) is 4.61. The molecule has 2 aromatic carbocycles. The minimum Gasteiger partial charge on any atom is -0.345 e. The molecule has 0 spiro atoms. The van der Waals surface area contributed by atoms with E-state index in [2.05, 4.69) is 26.6 Å². The van der Waals surface area contributed by atoms with Gasteiger partial charge in [0.2, 0.25) is 5.91 Å². The predicted molar refractivity (Wildman–Crippen MR) is 170 cm³/mol. The molecule has 1 aromatic heterocycles.